The van der Waals surface area contributed by atoms with Gasteiger partial charge in [0.05, 0.1) is 20.4 Å². The maximum atomic E-state index is 11.4. The number of carbonyl (C=O) groups excluding carboxylic acids is 2. The van der Waals surface area contributed by atoms with Gasteiger partial charge in [0.1, 0.15) is 5.78 Å². The number of rotatable bonds is 16. The number of Topliss-reactive ketones (excluding diaryl/α,β-unsaturated/α-hetero) is 1. The molecular formula is C25H55ClCuIO4P2. The zero-order valence-corrected chi connectivity index (χ0v) is 27.8. The zero-order valence-electron chi connectivity index (χ0n) is 22.2. The van der Waals surface area contributed by atoms with Crippen LogP contribution >= 0.6 is 46.2 Å². The van der Waals surface area contributed by atoms with Gasteiger partial charge in [-0.25, -0.2) is 0 Å². The topological polar surface area (TPSA) is 68.3 Å². The molecular weight excluding hydrogens is 652 g/mol. The second-order valence-electron chi connectivity index (χ2n) is 9.55. The third kappa shape index (κ3) is 69.9. The van der Waals surface area contributed by atoms with Gasteiger partial charge in [-0.1, -0.05) is 85.5 Å². The standard InChI is InChI=1S/C12H25O2P.C9H17ClO.C3H9OP.CH4.Cu.HI/c1-4-5-6-7-8-9-10-12(13)11-15(2,3)14;1-2-3-4-5-6-7-8-9(10)11;1-5(2,3)4;;;/h4-11H2,1-3H3;2-8H2,1H3;1-3H3;1H4;;1H/q;;;;+1;/p-1. The van der Waals surface area contributed by atoms with E-state index in [1.807, 2.05) is 0 Å². The molecule has 0 radical (unpaired) electrons. The van der Waals surface area contributed by atoms with Crippen molar-refractivity contribution in [3.8, 4) is 0 Å². The van der Waals surface area contributed by atoms with Gasteiger partial charge in [-0.3, -0.25) is 9.59 Å². The zero-order chi connectivity index (χ0) is 26.8. The number of ketones is 1. The van der Waals surface area contributed by atoms with Crippen LogP contribution in [0.5, 0.6) is 0 Å². The van der Waals surface area contributed by atoms with E-state index in [4.69, 9.17) is 11.6 Å². The van der Waals surface area contributed by atoms with Crippen LogP contribution in [0.15, 0.2) is 0 Å². The van der Waals surface area contributed by atoms with Crippen molar-refractivity contribution in [2.45, 2.75) is 111 Å². The first-order valence-electron chi connectivity index (χ1n) is 12.1. The summed E-state index contributed by atoms with van der Waals surface area (Å²) in [5, 5.41) is -0.194. The van der Waals surface area contributed by atoms with Crippen LogP contribution in [-0.2, 0) is 31.5 Å². The Morgan fingerprint density at radius 1 is 0.676 bits per heavy atom. The Bertz CT molecular complexity index is 529. The normalized spacial score (nSPS) is 10.3. The molecule has 0 rings (SSSR count). The fraction of sp³-hybridized carbons (Fsp3) is 0.920. The second kappa shape index (κ2) is 32.4. The summed E-state index contributed by atoms with van der Waals surface area (Å²) in [4.78, 5) is 21.7. The summed E-state index contributed by atoms with van der Waals surface area (Å²) >= 11 is 11.0. The van der Waals surface area contributed by atoms with Crippen molar-refractivity contribution in [1.29, 1.82) is 0 Å². The number of halogens is 2. The first kappa shape index (κ1) is 45.3. The fourth-order valence-electron chi connectivity index (χ4n) is 2.65. The first-order valence-corrected chi connectivity index (χ1v) is 21.4. The molecule has 0 atom stereocenters. The molecule has 0 aromatic rings. The van der Waals surface area contributed by atoms with Crippen molar-refractivity contribution < 1.29 is 31.5 Å². The Kier molecular flexibility index (Phi) is 43.1. The van der Waals surface area contributed by atoms with Gasteiger partial charge >= 0.3 is 33.1 Å². The van der Waals surface area contributed by atoms with Gasteiger partial charge in [0.25, 0.3) is 0 Å². The van der Waals surface area contributed by atoms with Crippen molar-refractivity contribution in [1.82, 2.24) is 0 Å². The van der Waals surface area contributed by atoms with E-state index in [0.717, 1.165) is 25.7 Å². The molecule has 0 N–H and O–H groups in total. The predicted molar refractivity (Wildman–Crippen MR) is 162 cm³/mol. The molecule has 0 aliphatic rings. The number of hydrogen-bond acceptors (Lipinski definition) is 4. The van der Waals surface area contributed by atoms with Crippen molar-refractivity contribution in [2.75, 3.05) is 39.5 Å². The molecule has 214 valence electrons. The van der Waals surface area contributed by atoms with Gasteiger partial charge in [-0.15, -0.1) is 0 Å². The minimum atomic E-state index is -2.14. The summed E-state index contributed by atoms with van der Waals surface area (Å²) in [6.07, 6.45) is 15.9. The van der Waals surface area contributed by atoms with E-state index < -0.39 is 14.3 Å². The van der Waals surface area contributed by atoms with E-state index in [1.54, 1.807) is 53.7 Å². The molecule has 34 heavy (non-hydrogen) atoms. The first-order chi connectivity index (χ1) is 15.2. The van der Waals surface area contributed by atoms with Gasteiger partial charge < -0.3 is 9.13 Å². The van der Waals surface area contributed by atoms with E-state index in [-0.39, 0.29) is 18.5 Å². The SMILES string of the molecule is C.CCCCCCCCC(=O)CP(C)(C)=O.CCCCCCCCC(=O)Cl.CP(C)(C)=O.[Cu][I]. The van der Waals surface area contributed by atoms with Crippen LogP contribution in [0.3, 0.4) is 0 Å². The Morgan fingerprint density at radius 2 is 0.971 bits per heavy atom. The van der Waals surface area contributed by atoms with E-state index >= 15 is 0 Å². The molecule has 0 heterocycles. The van der Waals surface area contributed by atoms with Gasteiger partial charge in [-0.2, -0.15) is 0 Å². The van der Waals surface area contributed by atoms with Crippen LogP contribution in [0.1, 0.15) is 111 Å². The third-order valence-electron chi connectivity index (χ3n) is 4.09. The molecule has 9 heteroatoms. The molecule has 0 aliphatic heterocycles. The quantitative estimate of drug-likeness (QED) is 0.0527. The molecule has 0 spiro atoms. The van der Waals surface area contributed by atoms with Crippen LogP contribution in [-0.4, -0.2) is 50.5 Å². The Hall–Kier alpha value is 1.34. The molecule has 0 aliphatic carbocycles. The third-order valence-corrected chi connectivity index (χ3v) is 5.40. The van der Waals surface area contributed by atoms with Crippen molar-refractivity contribution in [3.05, 3.63) is 0 Å². The Morgan fingerprint density at radius 3 is 1.26 bits per heavy atom. The van der Waals surface area contributed by atoms with Crippen molar-refractivity contribution >= 4 is 57.3 Å². The summed E-state index contributed by atoms with van der Waals surface area (Å²) in [5.41, 5.74) is 0. The van der Waals surface area contributed by atoms with Crippen LogP contribution in [0.2, 0.25) is 0 Å². The summed E-state index contributed by atoms with van der Waals surface area (Å²) in [7, 11) is -3.78. The molecule has 0 aromatic heterocycles. The van der Waals surface area contributed by atoms with Gasteiger partial charge in [-0.05, 0) is 57.8 Å². The Labute approximate surface area is 238 Å². The van der Waals surface area contributed by atoms with E-state index in [0.29, 0.717) is 19.0 Å². The van der Waals surface area contributed by atoms with Crippen LogP contribution < -0.4 is 0 Å². The average molecular weight is 708 g/mol. The van der Waals surface area contributed by atoms with E-state index in [1.165, 1.54) is 51.4 Å². The van der Waals surface area contributed by atoms with Crippen molar-refractivity contribution in [3.63, 3.8) is 0 Å². The van der Waals surface area contributed by atoms with E-state index in [2.05, 4.69) is 26.6 Å². The number of unbranched alkanes of at least 4 members (excludes halogenated alkanes) is 10. The summed E-state index contributed by atoms with van der Waals surface area (Å²) < 4.78 is 21.6. The molecule has 0 bridgehead atoms. The van der Waals surface area contributed by atoms with Crippen LogP contribution in [0.4, 0.5) is 0 Å². The minimum absolute atomic E-state index is 0. The number of carbonyl (C=O) groups is 2. The molecule has 0 aromatic carbocycles. The van der Waals surface area contributed by atoms with E-state index in [9.17, 15) is 18.7 Å². The molecule has 0 saturated carbocycles. The summed E-state index contributed by atoms with van der Waals surface area (Å²) in [6, 6.07) is 0. The molecule has 4 nitrogen and oxygen atoms in total. The summed E-state index contributed by atoms with van der Waals surface area (Å²) in [6.45, 7) is 13.0. The van der Waals surface area contributed by atoms with Crippen molar-refractivity contribution in [2.24, 2.45) is 0 Å². The van der Waals surface area contributed by atoms with Crippen LogP contribution in [0.25, 0.3) is 0 Å². The molecule has 0 fully saturated rings. The number of hydrogen-bond donors (Lipinski definition) is 0. The molecule has 0 amide bonds. The monoisotopic (exact) mass is 706 g/mol. The average Bonchev–Trinajstić information content (AvgIpc) is 2.66. The maximum absolute atomic E-state index is 11.4. The Balaban J connectivity index is -0.000000130. The predicted octanol–water partition coefficient (Wildman–Crippen LogP) is 10.2. The van der Waals surface area contributed by atoms with Gasteiger partial charge in [0, 0.05) is 12.8 Å². The molecule has 0 saturated heterocycles. The van der Waals surface area contributed by atoms with Crippen LogP contribution in [0, 0.1) is 0 Å². The fourth-order valence-corrected chi connectivity index (χ4v) is 3.79. The second-order valence-corrected chi connectivity index (χ2v) is 17.2. The summed E-state index contributed by atoms with van der Waals surface area (Å²) in [5.74, 6) is 0.179. The van der Waals surface area contributed by atoms with Gasteiger partial charge in [0.2, 0.25) is 5.24 Å². The van der Waals surface area contributed by atoms with Gasteiger partial charge in [0.15, 0.2) is 0 Å². The molecule has 0 unspecified atom stereocenters.